The number of aromatic nitrogens is 1. The molecule has 0 radical (unpaired) electrons. The fourth-order valence-corrected chi connectivity index (χ4v) is 1.59. The fraction of sp³-hybridized carbons (Fsp3) is 0.308. The summed E-state index contributed by atoms with van der Waals surface area (Å²) in [6.07, 6.45) is 1.45. The van der Waals surface area contributed by atoms with Gasteiger partial charge in [-0.25, -0.2) is 13.8 Å². The maximum atomic E-state index is 13.6. The highest BCUT2D eigenvalue weighted by Crippen LogP contribution is 2.26. The van der Waals surface area contributed by atoms with E-state index in [9.17, 15) is 8.78 Å². The predicted molar refractivity (Wildman–Crippen MR) is 64.0 cm³/mol. The Labute approximate surface area is 104 Å². The second-order valence-corrected chi connectivity index (χ2v) is 3.98. The number of hydrogen-bond donors (Lipinski definition) is 1. The molecule has 0 bridgehead atoms. The number of rotatable bonds is 4. The Balaban J connectivity index is 2.31. The molecule has 18 heavy (non-hydrogen) atoms. The van der Waals surface area contributed by atoms with E-state index in [0.29, 0.717) is 23.8 Å². The lowest BCUT2D eigenvalue weighted by atomic mass is 10.1. The standard InChI is InChI=1S/C13H14F2N2O/c1-3-16-7-13-17-6-12(18-13)9-4-8(2)10(14)5-11(9)15/h4-6,16H,3,7H2,1-2H3. The number of oxazole rings is 1. The highest BCUT2D eigenvalue weighted by Gasteiger charge is 2.13. The van der Waals surface area contributed by atoms with Crippen LogP contribution in [0.15, 0.2) is 22.7 Å². The lowest BCUT2D eigenvalue weighted by molar-refractivity contribution is 0.479. The summed E-state index contributed by atoms with van der Waals surface area (Å²) in [5, 5.41) is 3.05. The van der Waals surface area contributed by atoms with E-state index in [1.165, 1.54) is 12.3 Å². The van der Waals surface area contributed by atoms with Crippen molar-refractivity contribution in [1.29, 1.82) is 0 Å². The molecule has 1 aromatic heterocycles. The van der Waals surface area contributed by atoms with Crippen LogP contribution in [0, 0.1) is 18.6 Å². The Hall–Kier alpha value is -1.75. The van der Waals surface area contributed by atoms with Gasteiger partial charge in [0.2, 0.25) is 5.89 Å². The summed E-state index contributed by atoms with van der Waals surface area (Å²) in [7, 11) is 0. The van der Waals surface area contributed by atoms with Crippen molar-refractivity contribution in [3.8, 4) is 11.3 Å². The number of nitrogens with one attached hydrogen (secondary N) is 1. The van der Waals surface area contributed by atoms with E-state index in [1.54, 1.807) is 6.92 Å². The second-order valence-electron chi connectivity index (χ2n) is 3.98. The van der Waals surface area contributed by atoms with Crippen LogP contribution in [0.25, 0.3) is 11.3 Å². The van der Waals surface area contributed by atoms with Crippen molar-refractivity contribution in [2.24, 2.45) is 0 Å². The summed E-state index contributed by atoms with van der Waals surface area (Å²) < 4.78 is 32.2. The zero-order valence-corrected chi connectivity index (χ0v) is 10.3. The largest absolute Gasteiger partial charge is 0.439 e. The fourth-order valence-electron chi connectivity index (χ4n) is 1.59. The van der Waals surface area contributed by atoms with Gasteiger partial charge in [0.15, 0.2) is 5.76 Å². The van der Waals surface area contributed by atoms with Crippen LogP contribution in [-0.2, 0) is 6.54 Å². The molecular formula is C13H14F2N2O. The molecule has 0 aliphatic carbocycles. The summed E-state index contributed by atoms with van der Waals surface area (Å²) in [6, 6.07) is 2.28. The van der Waals surface area contributed by atoms with Gasteiger partial charge in [-0.1, -0.05) is 6.92 Å². The second kappa shape index (κ2) is 5.27. The molecule has 0 unspecified atom stereocenters. The molecule has 0 atom stereocenters. The van der Waals surface area contributed by atoms with Crippen molar-refractivity contribution in [1.82, 2.24) is 10.3 Å². The first-order chi connectivity index (χ1) is 8.61. The molecule has 1 aromatic carbocycles. The van der Waals surface area contributed by atoms with Crippen LogP contribution in [0.3, 0.4) is 0 Å². The van der Waals surface area contributed by atoms with Crippen molar-refractivity contribution in [3.05, 3.63) is 41.4 Å². The Morgan fingerprint density at radius 1 is 1.28 bits per heavy atom. The summed E-state index contributed by atoms with van der Waals surface area (Å²) in [6.45, 7) is 4.82. The SMILES string of the molecule is CCNCc1ncc(-c2cc(C)c(F)cc2F)o1. The molecule has 0 aliphatic heterocycles. The van der Waals surface area contributed by atoms with Gasteiger partial charge in [0.1, 0.15) is 11.6 Å². The highest BCUT2D eigenvalue weighted by atomic mass is 19.1. The van der Waals surface area contributed by atoms with Crippen LogP contribution >= 0.6 is 0 Å². The van der Waals surface area contributed by atoms with E-state index >= 15 is 0 Å². The van der Waals surface area contributed by atoms with E-state index in [4.69, 9.17) is 4.42 Å². The monoisotopic (exact) mass is 252 g/mol. The van der Waals surface area contributed by atoms with Gasteiger partial charge in [0.05, 0.1) is 18.3 Å². The number of benzene rings is 1. The smallest absolute Gasteiger partial charge is 0.208 e. The first kappa shape index (κ1) is 12.7. The van der Waals surface area contributed by atoms with Gasteiger partial charge in [-0.15, -0.1) is 0 Å². The summed E-state index contributed by atoms with van der Waals surface area (Å²) in [5.41, 5.74) is 0.597. The zero-order valence-electron chi connectivity index (χ0n) is 10.3. The molecule has 2 aromatic rings. The number of hydrogen-bond acceptors (Lipinski definition) is 3. The molecular weight excluding hydrogens is 238 g/mol. The topological polar surface area (TPSA) is 38.1 Å². The zero-order chi connectivity index (χ0) is 13.1. The normalized spacial score (nSPS) is 10.9. The predicted octanol–water partition coefficient (Wildman–Crippen LogP) is 3.04. The van der Waals surface area contributed by atoms with Gasteiger partial charge < -0.3 is 9.73 Å². The molecule has 2 rings (SSSR count). The van der Waals surface area contributed by atoms with Crippen molar-refractivity contribution in [2.45, 2.75) is 20.4 Å². The van der Waals surface area contributed by atoms with E-state index in [-0.39, 0.29) is 5.56 Å². The Kier molecular flexibility index (Phi) is 3.72. The minimum atomic E-state index is -0.649. The molecule has 0 aliphatic rings. The van der Waals surface area contributed by atoms with Crippen LogP contribution in [0.5, 0.6) is 0 Å². The van der Waals surface area contributed by atoms with Crippen LogP contribution in [-0.4, -0.2) is 11.5 Å². The van der Waals surface area contributed by atoms with Gasteiger partial charge in [0, 0.05) is 6.07 Å². The van der Waals surface area contributed by atoms with Crippen LogP contribution < -0.4 is 5.32 Å². The quantitative estimate of drug-likeness (QED) is 0.908. The maximum absolute atomic E-state index is 13.6. The van der Waals surface area contributed by atoms with E-state index < -0.39 is 11.6 Å². The third-order valence-electron chi connectivity index (χ3n) is 2.59. The van der Waals surface area contributed by atoms with Crippen LogP contribution in [0.4, 0.5) is 8.78 Å². The molecule has 3 nitrogen and oxygen atoms in total. The highest BCUT2D eigenvalue weighted by molar-refractivity contribution is 5.58. The molecule has 0 amide bonds. The molecule has 0 saturated carbocycles. The Bertz CT molecular complexity index is 552. The molecule has 96 valence electrons. The van der Waals surface area contributed by atoms with Gasteiger partial charge in [0.25, 0.3) is 0 Å². The molecule has 5 heteroatoms. The molecule has 1 heterocycles. The minimum Gasteiger partial charge on any atom is -0.439 e. The van der Waals surface area contributed by atoms with Gasteiger partial charge in [-0.2, -0.15) is 0 Å². The maximum Gasteiger partial charge on any atom is 0.208 e. The van der Waals surface area contributed by atoms with Crippen molar-refractivity contribution < 1.29 is 13.2 Å². The van der Waals surface area contributed by atoms with Gasteiger partial charge in [-0.05, 0) is 25.1 Å². The van der Waals surface area contributed by atoms with Gasteiger partial charge in [-0.3, -0.25) is 0 Å². The first-order valence-corrected chi connectivity index (χ1v) is 5.73. The van der Waals surface area contributed by atoms with Crippen molar-refractivity contribution in [2.75, 3.05) is 6.54 Å². The van der Waals surface area contributed by atoms with Crippen molar-refractivity contribution >= 4 is 0 Å². The number of halogens is 2. The summed E-state index contributed by atoms with van der Waals surface area (Å²) in [5.74, 6) is -0.426. The Morgan fingerprint density at radius 2 is 2.06 bits per heavy atom. The molecule has 1 N–H and O–H groups in total. The average Bonchev–Trinajstić information content (AvgIpc) is 2.79. The first-order valence-electron chi connectivity index (χ1n) is 5.73. The third kappa shape index (κ3) is 2.56. The molecule has 0 fully saturated rings. The molecule has 0 spiro atoms. The summed E-state index contributed by atoms with van der Waals surface area (Å²) in [4.78, 5) is 4.03. The number of aryl methyl sites for hydroxylation is 1. The van der Waals surface area contributed by atoms with Crippen LogP contribution in [0.1, 0.15) is 18.4 Å². The van der Waals surface area contributed by atoms with E-state index in [2.05, 4.69) is 10.3 Å². The third-order valence-corrected chi connectivity index (χ3v) is 2.59. The van der Waals surface area contributed by atoms with E-state index in [1.807, 2.05) is 6.92 Å². The average molecular weight is 252 g/mol. The van der Waals surface area contributed by atoms with Crippen LogP contribution in [0.2, 0.25) is 0 Å². The van der Waals surface area contributed by atoms with E-state index in [0.717, 1.165) is 12.6 Å². The number of nitrogens with zero attached hydrogens (tertiary/aromatic N) is 1. The lowest BCUT2D eigenvalue weighted by Crippen LogP contribution is -2.11. The minimum absolute atomic E-state index is 0.226. The molecule has 0 saturated heterocycles. The lowest BCUT2D eigenvalue weighted by Gasteiger charge is -2.02. The van der Waals surface area contributed by atoms with Crippen molar-refractivity contribution in [3.63, 3.8) is 0 Å². The summed E-state index contributed by atoms with van der Waals surface area (Å²) >= 11 is 0. The van der Waals surface area contributed by atoms with Gasteiger partial charge >= 0.3 is 0 Å². The Morgan fingerprint density at radius 3 is 2.78 bits per heavy atom.